The van der Waals surface area contributed by atoms with Crippen molar-refractivity contribution in [3.05, 3.63) is 76.0 Å². The van der Waals surface area contributed by atoms with Crippen molar-refractivity contribution in [2.75, 3.05) is 25.6 Å². The molecule has 8 nitrogen and oxygen atoms in total. The summed E-state index contributed by atoms with van der Waals surface area (Å²) in [7, 11) is 1.57. The number of halogens is 1. The standard InChI is InChI=1S/C22H19BrN4O4/c1-31-10-4-9-26-21(29)16-8-7-14(11-17(16)22(26)30)20(28)25-18-5-2-3-6-19(18)27-13-15(23)12-24-27/h2-3,5-8,11-13H,4,9-10H2,1H3,(H,25,28). The van der Waals surface area contributed by atoms with E-state index in [-0.39, 0.29) is 29.5 Å². The van der Waals surface area contributed by atoms with E-state index in [9.17, 15) is 14.4 Å². The lowest BCUT2D eigenvalue weighted by Gasteiger charge is -2.12. The lowest BCUT2D eigenvalue weighted by Crippen LogP contribution is -2.31. The minimum atomic E-state index is -0.396. The molecule has 9 heteroatoms. The first-order chi connectivity index (χ1) is 15.0. The summed E-state index contributed by atoms with van der Waals surface area (Å²) in [5, 5.41) is 7.12. The second-order valence-electron chi connectivity index (χ2n) is 6.94. The van der Waals surface area contributed by atoms with Crippen LogP contribution in [0.5, 0.6) is 0 Å². The van der Waals surface area contributed by atoms with Crippen LogP contribution >= 0.6 is 15.9 Å². The molecule has 1 aliphatic rings. The fourth-order valence-corrected chi connectivity index (χ4v) is 3.69. The second-order valence-corrected chi connectivity index (χ2v) is 7.86. The smallest absolute Gasteiger partial charge is 0.261 e. The lowest BCUT2D eigenvalue weighted by atomic mass is 10.1. The highest BCUT2D eigenvalue weighted by molar-refractivity contribution is 9.10. The third kappa shape index (κ3) is 4.14. The van der Waals surface area contributed by atoms with Crippen molar-refractivity contribution in [2.45, 2.75) is 6.42 Å². The van der Waals surface area contributed by atoms with Gasteiger partial charge < -0.3 is 10.1 Å². The van der Waals surface area contributed by atoms with Gasteiger partial charge in [0.05, 0.1) is 33.2 Å². The maximum atomic E-state index is 12.9. The monoisotopic (exact) mass is 482 g/mol. The molecule has 2 heterocycles. The van der Waals surface area contributed by atoms with E-state index in [0.29, 0.717) is 30.0 Å². The maximum Gasteiger partial charge on any atom is 0.261 e. The summed E-state index contributed by atoms with van der Waals surface area (Å²) in [4.78, 5) is 39.3. The van der Waals surface area contributed by atoms with Gasteiger partial charge >= 0.3 is 0 Å². The van der Waals surface area contributed by atoms with Crippen molar-refractivity contribution >= 4 is 39.3 Å². The van der Waals surface area contributed by atoms with Crippen LogP contribution in [-0.2, 0) is 4.74 Å². The van der Waals surface area contributed by atoms with Crippen molar-refractivity contribution in [3.8, 4) is 5.69 Å². The number of amides is 3. The van der Waals surface area contributed by atoms with Crippen LogP contribution in [-0.4, -0.2) is 52.7 Å². The van der Waals surface area contributed by atoms with Crippen LogP contribution in [0.4, 0.5) is 5.69 Å². The number of nitrogens with one attached hydrogen (secondary N) is 1. The average Bonchev–Trinajstić information content (AvgIpc) is 3.31. The van der Waals surface area contributed by atoms with Gasteiger partial charge in [-0.15, -0.1) is 0 Å². The highest BCUT2D eigenvalue weighted by atomic mass is 79.9. The molecule has 0 radical (unpaired) electrons. The number of methoxy groups -OCH3 is 1. The summed E-state index contributed by atoms with van der Waals surface area (Å²) >= 11 is 3.36. The Morgan fingerprint density at radius 1 is 1.13 bits per heavy atom. The second kappa shape index (κ2) is 8.83. The predicted molar refractivity (Wildman–Crippen MR) is 118 cm³/mol. The quantitative estimate of drug-likeness (QED) is 0.410. The first kappa shape index (κ1) is 21.0. The Morgan fingerprint density at radius 3 is 2.65 bits per heavy atom. The van der Waals surface area contributed by atoms with E-state index in [4.69, 9.17) is 4.74 Å². The molecule has 3 amide bonds. The first-order valence-corrected chi connectivity index (χ1v) is 10.4. The number of carbonyl (C=O) groups excluding carboxylic acids is 3. The predicted octanol–water partition coefficient (Wildman–Crippen LogP) is 3.52. The van der Waals surface area contributed by atoms with Gasteiger partial charge in [-0.2, -0.15) is 5.10 Å². The number of benzene rings is 2. The molecule has 0 aliphatic carbocycles. The molecule has 3 aromatic rings. The highest BCUT2D eigenvalue weighted by Crippen LogP contribution is 2.26. The zero-order valence-electron chi connectivity index (χ0n) is 16.7. The molecule has 0 atom stereocenters. The number of anilines is 1. The molecule has 1 N–H and O–H groups in total. The molecule has 31 heavy (non-hydrogen) atoms. The summed E-state index contributed by atoms with van der Waals surface area (Å²) < 4.78 is 7.44. The number of hydrogen-bond acceptors (Lipinski definition) is 5. The van der Waals surface area contributed by atoms with Crippen molar-refractivity contribution in [1.82, 2.24) is 14.7 Å². The van der Waals surface area contributed by atoms with Gasteiger partial charge in [0.15, 0.2) is 0 Å². The molecule has 1 aromatic heterocycles. The first-order valence-electron chi connectivity index (χ1n) is 9.59. The Morgan fingerprint density at radius 2 is 1.90 bits per heavy atom. The Hall–Kier alpha value is -3.30. The van der Waals surface area contributed by atoms with Crippen LogP contribution in [0.25, 0.3) is 5.69 Å². The number of nitrogens with zero attached hydrogens (tertiary/aromatic N) is 3. The molecule has 0 bridgehead atoms. The summed E-state index contributed by atoms with van der Waals surface area (Å²) in [6.07, 6.45) is 3.98. The minimum Gasteiger partial charge on any atom is -0.385 e. The van der Waals surface area contributed by atoms with E-state index in [0.717, 1.165) is 4.47 Å². The fourth-order valence-electron chi connectivity index (χ4n) is 3.41. The summed E-state index contributed by atoms with van der Waals surface area (Å²) in [5.74, 6) is -1.13. The number of ether oxygens (including phenoxy) is 1. The van der Waals surface area contributed by atoms with Gasteiger partial charge in [-0.05, 0) is 52.7 Å². The Balaban J connectivity index is 1.56. The number of imide groups is 1. The molecular formula is C22H19BrN4O4. The van der Waals surface area contributed by atoms with Gasteiger partial charge in [0.2, 0.25) is 0 Å². The van der Waals surface area contributed by atoms with Gasteiger partial charge in [0, 0.05) is 32.0 Å². The Kier molecular flexibility index (Phi) is 5.97. The third-order valence-electron chi connectivity index (χ3n) is 4.91. The summed E-state index contributed by atoms with van der Waals surface area (Å²) in [5.41, 5.74) is 2.08. The van der Waals surface area contributed by atoms with Gasteiger partial charge in [0.25, 0.3) is 17.7 Å². The van der Waals surface area contributed by atoms with Gasteiger partial charge in [0.1, 0.15) is 0 Å². The molecule has 0 saturated heterocycles. The zero-order chi connectivity index (χ0) is 22.0. The summed E-state index contributed by atoms with van der Waals surface area (Å²) in [6, 6.07) is 11.8. The Labute approximate surface area is 186 Å². The average molecular weight is 483 g/mol. The molecule has 0 spiro atoms. The van der Waals surface area contributed by atoms with Crippen LogP contribution in [0.15, 0.2) is 59.3 Å². The fraction of sp³-hybridized carbons (Fsp3) is 0.182. The van der Waals surface area contributed by atoms with Gasteiger partial charge in [-0.3, -0.25) is 19.3 Å². The number of rotatable bonds is 7. The van der Waals surface area contributed by atoms with E-state index in [1.165, 1.54) is 17.0 Å². The van der Waals surface area contributed by atoms with E-state index in [1.54, 1.807) is 42.4 Å². The molecular weight excluding hydrogens is 464 g/mol. The van der Waals surface area contributed by atoms with Crippen molar-refractivity contribution < 1.29 is 19.1 Å². The van der Waals surface area contributed by atoms with Crippen LogP contribution in [0.1, 0.15) is 37.5 Å². The van der Waals surface area contributed by atoms with Crippen molar-refractivity contribution in [1.29, 1.82) is 0 Å². The summed E-state index contributed by atoms with van der Waals surface area (Å²) in [6.45, 7) is 0.724. The van der Waals surface area contributed by atoms with Gasteiger partial charge in [-0.25, -0.2) is 4.68 Å². The number of fused-ring (bicyclic) bond motifs is 1. The highest BCUT2D eigenvalue weighted by Gasteiger charge is 2.35. The molecule has 0 unspecified atom stereocenters. The Bertz CT molecular complexity index is 1170. The van der Waals surface area contributed by atoms with E-state index in [1.807, 2.05) is 12.1 Å². The van der Waals surface area contributed by atoms with Gasteiger partial charge in [-0.1, -0.05) is 12.1 Å². The molecule has 4 rings (SSSR count). The lowest BCUT2D eigenvalue weighted by molar-refractivity contribution is 0.0638. The topological polar surface area (TPSA) is 93.5 Å². The van der Waals surface area contributed by atoms with E-state index in [2.05, 4.69) is 26.3 Å². The molecule has 0 saturated carbocycles. The largest absolute Gasteiger partial charge is 0.385 e. The van der Waals surface area contributed by atoms with Crippen LogP contribution < -0.4 is 5.32 Å². The number of para-hydroxylation sites is 2. The normalized spacial score (nSPS) is 12.9. The number of aromatic nitrogens is 2. The maximum absolute atomic E-state index is 12.9. The molecule has 0 fully saturated rings. The third-order valence-corrected chi connectivity index (χ3v) is 5.32. The van der Waals surface area contributed by atoms with Crippen LogP contribution in [0.2, 0.25) is 0 Å². The minimum absolute atomic E-state index is 0.236. The SMILES string of the molecule is COCCCN1C(=O)c2ccc(C(=O)Nc3ccccc3-n3cc(Br)cn3)cc2C1=O. The molecule has 1 aliphatic heterocycles. The zero-order valence-corrected chi connectivity index (χ0v) is 18.3. The number of hydrogen-bond donors (Lipinski definition) is 1. The number of carbonyl (C=O) groups is 3. The van der Waals surface area contributed by atoms with Crippen LogP contribution in [0.3, 0.4) is 0 Å². The van der Waals surface area contributed by atoms with Crippen molar-refractivity contribution in [2.24, 2.45) is 0 Å². The molecule has 158 valence electrons. The molecule has 2 aromatic carbocycles. The van der Waals surface area contributed by atoms with Crippen molar-refractivity contribution in [3.63, 3.8) is 0 Å². The van der Waals surface area contributed by atoms with Crippen LogP contribution in [0, 0.1) is 0 Å². The van der Waals surface area contributed by atoms with E-state index >= 15 is 0 Å². The van der Waals surface area contributed by atoms with E-state index < -0.39 is 5.91 Å².